The van der Waals surface area contributed by atoms with E-state index in [4.69, 9.17) is 9.47 Å². The van der Waals surface area contributed by atoms with E-state index in [9.17, 15) is 4.79 Å². The molecule has 0 aromatic carbocycles. The molecule has 0 aliphatic carbocycles. The van der Waals surface area contributed by atoms with Crippen molar-refractivity contribution >= 4 is 17.2 Å². The lowest BCUT2D eigenvalue weighted by Gasteiger charge is -2.37. The van der Waals surface area contributed by atoms with Crippen LogP contribution in [0.3, 0.4) is 0 Å². The predicted octanol–water partition coefficient (Wildman–Crippen LogP) is 1.52. The number of thiophene rings is 1. The minimum atomic E-state index is 0.0373. The number of nitrogens with zero attached hydrogens (tertiary/aromatic N) is 1. The molecule has 2 fully saturated rings. The monoisotopic (exact) mass is 324 g/mol. The molecular weight excluding hydrogens is 300 g/mol. The first-order chi connectivity index (χ1) is 10.7. The molecule has 0 unspecified atom stereocenters. The summed E-state index contributed by atoms with van der Waals surface area (Å²) >= 11 is 1.55. The van der Waals surface area contributed by atoms with Crippen LogP contribution in [0.5, 0.6) is 0 Å². The zero-order valence-electron chi connectivity index (χ0n) is 13.0. The third kappa shape index (κ3) is 3.87. The van der Waals surface area contributed by atoms with Gasteiger partial charge in [0.1, 0.15) is 0 Å². The molecule has 2 saturated heterocycles. The molecular formula is C16H24N2O3S. The van der Waals surface area contributed by atoms with Crippen LogP contribution in [0.4, 0.5) is 0 Å². The van der Waals surface area contributed by atoms with Gasteiger partial charge in [0, 0.05) is 43.1 Å². The largest absolute Gasteiger partial charge is 0.381 e. The fourth-order valence-corrected chi connectivity index (χ4v) is 3.98. The van der Waals surface area contributed by atoms with Crippen LogP contribution in [0.15, 0.2) is 12.1 Å². The number of ether oxygens (including phenoxy) is 2. The molecule has 22 heavy (non-hydrogen) atoms. The summed E-state index contributed by atoms with van der Waals surface area (Å²) in [6.07, 6.45) is 1.08. The maximum Gasteiger partial charge on any atom is 0.261 e. The van der Waals surface area contributed by atoms with E-state index in [1.54, 1.807) is 11.3 Å². The topological polar surface area (TPSA) is 50.8 Å². The third-order valence-electron chi connectivity index (χ3n) is 4.46. The normalized spacial score (nSPS) is 24.3. The lowest BCUT2D eigenvalue weighted by Crippen LogP contribution is -2.52. The van der Waals surface area contributed by atoms with Gasteiger partial charge in [0.2, 0.25) is 0 Å². The molecule has 2 aliphatic rings. The molecule has 1 amide bonds. The molecule has 2 aliphatic heterocycles. The van der Waals surface area contributed by atoms with Crippen LogP contribution in [0.1, 0.15) is 21.0 Å². The number of hydrogen-bond acceptors (Lipinski definition) is 5. The molecule has 0 saturated carbocycles. The first kappa shape index (κ1) is 15.9. The minimum absolute atomic E-state index is 0.0373. The van der Waals surface area contributed by atoms with Crippen LogP contribution < -0.4 is 5.32 Å². The third-order valence-corrected chi connectivity index (χ3v) is 5.46. The molecule has 0 radical (unpaired) electrons. The standard InChI is InChI=1S/C16H24N2O3S/c1-12-2-3-15(22-12)16(19)17-10-14(13-4-7-21-11-13)18-5-8-20-9-6-18/h2-3,13-14H,4-11H2,1H3,(H,17,19)/t13-,14+/m0/s1. The van der Waals surface area contributed by atoms with Gasteiger partial charge in [-0.25, -0.2) is 0 Å². The highest BCUT2D eigenvalue weighted by molar-refractivity contribution is 7.13. The van der Waals surface area contributed by atoms with E-state index < -0.39 is 0 Å². The van der Waals surface area contributed by atoms with Gasteiger partial charge < -0.3 is 14.8 Å². The first-order valence-corrected chi connectivity index (χ1v) is 8.80. The number of amides is 1. The molecule has 3 heterocycles. The summed E-state index contributed by atoms with van der Waals surface area (Å²) in [5, 5.41) is 3.12. The second-order valence-corrected chi connectivity index (χ2v) is 7.25. The van der Waals surface area contributed by atoms with Gasteiger partial charge in [0.25, 0.3) is 5.91 Å². The SMILES string of the molecule is Cc1ccc(C(=O)NC[C@H]([C@H]2CCOC2)N2CCOCC2)s1. The maximum atomic E-state index is 12.3. The lowest BCUT2D eigenvalue weighted by molar-refractivity contribution is 0.00167. The van der Waals surface area contributed by atoms with Crippen LogP contribution in [-0.4, -0.2) is 62.9 Å². The van der Waals surface area contributed by atoms with Gasteiger partial charge in [-0.05, 0) is 25.5 Å². The molecule has 3 rings (SSSR count). The highest BCUT2D eigenvalue weighted by Gasteiger charge is 2.31. The first-order valence-electron chi connectivity index (χ1n) is 7.98. The van der Waals surface area contributed by atoms with Crippen molar-refractivity contribution in [2.45, 2.75) is 19.4 Å². The summed E-state index contributed by atoms with van der Waals surface area (Å²) in [5.41, 5.74) is 0. The van der Waals surface area contributed by atoms with Gasteiger partial charge in [0.05, 0.1) is 24.7 Å². The summed E-state index contributed by atoms with van der Waals surface area (Å²) in [7, 11) is 0. The van der Waals surface area contributed by atoms with Gasteiger partial charge in [-0.2, -0.15) is 0 Å². The van der Waals surface area contributed by atoms with E-state index in [1.165, 1.54) is 4.88 Å². The number of morpholine rings is 1. The van der Waals surface area contributed by atoms with Gasteiger partial charge in [-0.3, -0.25) is 9.69 Å². The smallest absolute Gasteiger partial charge is 0.261 e. The molecule has 0 bridgehead atoms. The quantitative estimate of drug-likeness (QED) is 0.892. The van der Waals surface area contributed by atoms with E-state index in [2.05, 4.69) is 10.2 Å². The van der Waals surface area contributed by atoms with Crippen molar-refractivity contribution in [2.75, 3.05) is 46.1 Å². The van der Waals surface area contributed by atoms with E-state index >= 15 is 0 Å². The van der Waals surface area contributed by atoms with Crippen molar-refractivity contribution in [1.82, 2.24) is 10.2 Å². The molecule has 5 nitrogen and oxygen atoms in total. The fraction of sp³-hybridized carbons (Fsp3) is 0.688. The van der Waals surface area contributed by atoms with E-state index in [0.717, 1.165) is 50.8 Å². The van der Waals surface area contributed by atoms with Crippen molar-refractivity contribution in [3.05, 3.63) is 21.9 Å². The summed E-state index contributed by atoms with van der Waals surface area (Å²) < 4.78 is 11.0. The number of nitrogens with one attached hydrogen (secondary N) is 1. The highest BCUT2D eigenvalue weighted by atomic mass is 32.1. The maximum absolute atomic E-state index is 12.3. The fourth-order valence-electron chi connectivity index (χ4n) is 3.20. The summed E-state index contributed by atoms with van der Waals surface area (Å²) in [6.45, 7) is 7.78. The Morgan fingerprint density at radius 3 is 2.82 bits per heavy atom. The van der Waals surface area contributed by atoms with Crippen LogP contribution in [0, 0.1) is 12.8 Å². The Balaban J connectivity index is 1.60. The Labute approximate surface area is 135 Å². The van der Waals surface area contributed by atoms with Crippen LogP contribution in [0.25, 0.3) is 0 Å². The van der Waals surface area contributed by atoms with Gasteiger partial charge >= 0.3 is 0 Å². The Kier molecular flexibility index (Phi) is 5.46. The molecule has 2 atom stereocenters. The zero-order valence-corrected chi connectivity index (χ0v) is 13.9. The van der Waals surface area contributed by atoms with Crippen molar-refractivity contribution < 1.29 is 14.3 Å². The van der Waals surface area contributed by atoms with Crippen molar-refractivity contribution in [3.63, 3.8) is 0 Å². The molecule has 1 N–H and O–H groups in total. The van der Waals surface area contributed by atoms with Crippen molar-refractivity contribution in [2.24, 2.45) is 5.92 Å². The number of hydrogen-bond donors (Lipinski definition) is 1. The summed E-state index contributed by atoms with van der Waals surface area (Å²) in [4.78, 5) is 16.7. The Bertz CT molecular complexity index is 493. The van der Waals surface area contributed by atoms with Crippen LogP contribution >= 0.6 is 11.3 Å². The zero-order chi connectivity index (χ0) is 15.4. The van der Waals surface area contributed by atoms with Gasteiger partial charge in [0.15, 0.2) is 0 Å². The van der Waals surface area contributed by atoms with E-state index in [0.29, 0.717) is 18.5 Å². The molecule has 1 aromatic heterocycles. The van der Waals surface area contributed by atoms with Crippen LogP contribution in [0.2, 0.25) is 0 Å². The molecule has 6 heteroatoms. The predicted molar refractivity (Wildman–Crippen MR) is 86.5 cm³/mol. The number of aryl methyl sites for hydroxylation is 1. The lowest BCUT2D eigenvalue weighted by atomic mass is 9.97. The van der Waals surface area contributed by atoms with E-state index in [1.807, 2.05) is 19.1 Å². The average Bonchev–Trinajstić information content (AvgIpc) is 3.20. The van der Waals surface area contributed by atoms with Crippen molar-refractivity contribution in [3.8, 4) is 0 Å². The summed E-state index contributed by atoms with van der Waals surface area (Å²) in [6, 6.07) is 4.23. The molecule has 0 spiro atoms. The van der Waals surface area contributed by atoms with Crippen molar-refractivity contribution in [1.29, 1.82) is 0 Å². The Morgan fingerprint density at radius 2 is 2.18 bits per heavy atom. The number of carbonyl (C=O) groups is 1. The second kappa shape index (κ2) is 7.55. The van der Waals surface area contributed by atoms with Gasteiger partial charge in [-0.1, -0.05) is 0 Å². The molecule has 1 aromatic rings. The minimum Gasteiger partial charge on any atom is -0.381 e. The number of rotatable bonds is 5. The number of carbonyl (C=O) groups excluding carboxylic acids is 1. The second-order valence-electron chi connectivity index (χ2n) is 5.96. The van der Waals surface area contributed by atoms with Crippen LogP contribution in [-0.2, 0) is 9.47 Å². The Hall–Kier alpha value is -0.950. The van der Waals surface area contributed by atoms with Gasteiger partial charge in [-0.15, -0.1) is 11.3 Å². The van der Waals surface area contributed by atoms with E-state index in [-0.39, 0.29) is 5.91 Å². The highest BCUT2D eigenvalue weighted by Crippen LogP contribution is 2.22. The summed E-state index contributed by atoms with van der Waals surface area (Å²) in [5.74, 6) is 0.541. The molecule has 122 valence electrons. The Morgan fingerprint density at radius 1 is 1.36 bits per heavy atom. The average molecular weight is 324 g/mol.